The van der Waals surface area contributed by atoms with Crippen LogP contribution in [0.3, 0.4) is 0 Å². The van der Waals surface area contributed by atoms with Crippen LogP contribution in [0.15, 0.2) is 6.07 Å². The van der Waals surface area contributed by atoms with Crippen molar-refractivity contribution in [2.24, 2.45) is 0 Å². The lowest BCUT2D eigenvalue weighted by atomic mass is 10.3. The Morgan fingerprint density at radius 3 is 2.56 bits per heavy atom. The van der Waals surface area contributed by atoms with Crippen LogP contribution in [0.4, 0.5) is 10.5 Å². The van der Waals surface area contributed by atoms with E-state index >= 15 is 0 Å². The quantitative estimate of drug-likeness (QED) is 0.828. The van der Waals surface area contributed by atoms with Crippen LogP contribution in [0, 0.1) is 6.92 Å². The van der Waals surface area contributed by atoms with Gasteiger partial charge in [0.15, 0.2) is 5.15 Å². The fourth-order valence-corrected chi connectivity index (χ4v) is 2.54. The summed E-state index contributed by atoms with van der Waals surface area (Å²) in [5, 5.41) is -0.00313. The number of carbonyl (C=O) groups excluding carboxylic acids is 1. The van der Waals surface area contributed by atoms with E-state index < -0.39 is 16.3 Å². The van der Waals surface area contributed by atoms with Crippen molar-refractivity contribution in [3.63, 3.8) is 0 Å². The van der Waals surface area contributed by atoms with E-state index in [4.69, 9.17) is 23.2 Å². The van der Waals surface area contributed by atoms with Crippen molar-refractivity contribution >= 4 is 45.2 Å². The van der Waals surface area contributed by atoms with Gasteiger partial charge in [0, 0.05) is 0 Å². The number of pyridine rings is 1. The molecule has 0 atom stereocenters. The number of methoxy groups -OCH3 is 1. The molecule has 1 aromatic rings. The Balaban J connectivity index is 3.01. The monoisotopic (exact) mass is 313 g/mol. The van der Waals surface area contributed by atoms with E-state index in [9.17, 15) is 13.2 Å². The third-order valence-corrected chi connectivity index (χ3v) is 3.16. The topological polar surface area (TPSA) is 97.4 Å². The Labute approximate surface area is 114 Å². The van der Waals surface area contributed by atoms with E-state index in [-0.39, 0.29) is 16.0 Å². The zero-order chi connectivity index (χ0) is 13.9. The van der Waals surface area contributed by atoms with Gasteiger partial charge < -0.3 is 4.74 Å². The van der Waals surface area contributed by atoms with Gasteiger partial charge in [-0.1, -0.05) is 23.2 Å². The molecular weight excluding hydrogens is 305 g/mol. The van der Waals surface area contributed by atoms with E-state index in [2.05, 4.69) is 14.4 Å². The zero-order valence-electron chi connectivity index (χ0n) is 9.32. The summed E-state index contributed by atoms with van der Waals surface area (Å²) in [4.78, 5) is 14.5. The number of anilines is 1. The number of ether oxygens (including phenoxy) is 1. The summed E-state index contributed by atoms with van der Waals surface area (Å²) in [5.41, 5.74) is 0.479. The molecule has 0 aromatic carbocycles. The highest BCUT2D eigenvalue weighted by atomic mass is 35.5. The molecule has 0 bridgehead atoms. The summed E-state index contributed by atoms with van der Waals surface area (Å²) in [5.74, 6) is 0. The lowest BCUT2D eigenvalue weighted by Gasteiger charge is -2.11. The minimum Gasteiger partial charge on any atom is -0.452 e. The molecule has 2 N–H and O–H groups in total. The number of hydrogen-bond acceptors (Lipinski definition) is 5. The van der Waals surface area contributed by atoms with Gasteiger partial charge in [-0.3, -0.25) is 4.72 Å². The second kappa shape index (κ2) is 5.59. The molecule has 100 valence electrons. The van der Waals surface area contributed by atoms with Crippen molar-refractivity contribution < 1.29 is 17.9 Å². The average Bonchev–Trinajstić information content (AvgIpc) is 2.22. The van der Waals surface area contributed by atoms with E-state index in [1.807, 2.05) is 0 Å². The predicted molar refractivity (Wildman–Crippen MR) is 67.1 cm³/mol. The fourth-order valence-electron chi connectivity index (χ4n) is 1.03. The first-order chi connectivity index (χ1) is 8.25. The molecule has 0 spiro atoms. The molecule has 0 aliphatic heterocycles. The maximum Gasteiger partial charge on any atom is 0.422 e. The van der Waals surface area contributed by atoms with Crippen molar-refractivity contribution in [3.05, 3.63) is 21.9 Å². The van der Waals surface area contributed by atoms with Crippen LogP contribution in [0.2, 0.25) is 10.3 Å². The maximum atomic E-state index is 11.5. The molecule has 1 heterocycles. The minimum atomic E-state index is -4.15. The van der Waals surface area contributed by atoms with Crippen molar-refractivity contribution in [2.45, 2.75) is 6.92 Å². The molecule has 0 saturated heterocycles. The van der Waals surface area contributed by atoms with Gasteiger partial charge in [-0.25, -0.2) is 14.5 Å². The number of nitrogens with zero attached hydrogens (tertiary/aromatic N) is 1. The molecule has 0 fully saturated rings. The first-order valence-corrected chi connectivity index (χ1v) is 6.70. The van der Waals surface area contributed by atoms with Crippen LogP contribution in [0.1, 0.15) is 5.56 Å². The molecule has 18 heavy (non-hydrogen) atoms. The van der Waals surface area contributed by atoms with E-state index in [0.717, 1.165) is 7.11 Å². The van der Waals surface area contributed by atoms with Gasteiger partial charge in [0.2, 0.25) is 0 Å². The van der Waals surface area contributed by atoms with E-state index in [0.29, 0.717) is 5.56 Å². The zero-order valence-corrected chi connectivity index (χ0v) is 11.7. The number of nitrogens with one attached hydrogen (secondary N) is 2. The molecule has 1 rings (SSSR count). The molecule has 0 aliphatic carbocycles. The summed E-state index contributed by atoms with van der Waals surface area (Å²) in [6.07, 6.45) is -1.13. The van der Waals surface area contributed by atoms with Crippen LogP contribution in [-0.4, -0.2) is 26.6 Å². The summed E-state index contributed by atoms with van der Waals surface area (Å²) in [7, 11) is -3.11. The van der Waals surface area contributed by atoms with Gasteiger partial charge in [-0.2, -0.15) is 8.42 Å². The third-order valence-electron chi connectivity index (χ3n) is 1.78. The molecule has 0 saturated carbocycles. The Kier molecular flexibility index (Phi) is 4.60. The lowest BCUT2D eigenvalue weighted by Crippen LogP contribution is -2.35. The highest BCUT2D eigenvalue weighted by Crippen LogP contribution is 2.26. The largest absolute Gasteiger partial charge is 0.452 e. The summed E-state index contributed by atoms with van der Waals surface area (Å²) in [6, 6.07) is 1.42. The van der Waals surface area contributed by atoms with Crippen molar-refractivity contribution in [3.8, 4) is 0 Å². The Bertz CT molecular complexity index is 553. The lowest BCUT2D eigenvalue weighted by molar-refractivity contribution is 0.177. The number of amides is 1. The molecule has 0 aliphatic rings. The Morgan fingerprint density at radius 1 is 1.44 bits per heavy atom. The molecular formula is C8H9Cl2N3O4S. The molecule has 10 heteroatoms. The molecule has 1 amide bonds. The number of aryl methyl sites for hydroxylation is 1. The normalized spacial score (nSPS) is 10.9. The highest BCUT2D eigenvalue weighted by molar-refractivity contribution is 7.91. The van der Waals surface area contributed by atoms with Crippen LogP contribution < -0.4 is 9.44 Å². The number of aromatic nitrogens is 1. The van der Waals surface area contributed by atoms with Gasteiger partial charge in [0.25, 0.3) is 0 Å². The number of hydrogen-bond donors (Lipinski definition) is 2. The second-order valence-corrected chi connectivity index (χ2v) is 5.29. The SMILES string of the molecule is COC(=O)NS(=O)(=O)Nc1c(C)cc(Cl)nc1Cl. The van der Waals surface area contributed by atoms with Crippen molar-refractivity contribution in [1.82, 2.24) is 9.71 Å². The van der Waals surface area contributed by atoms with Crippen LogP contribution in [-0.2, 0) is 14.9 Å². The van der Waals surface area contributed by atoms with Crippen LogP contribution in [0.25, 0.3) is 0 Å². The molecule has 7 nitrogen and oxygen atoms in total. The molecule has 0 radical (unpaired) electrons. The standard InChI is InChI=1S/C8H9Cl2N3O4S/c1-4-3-5(9)11-7(10)6(4)12-18(15,16)13-8(14)17-2/h3,12H,1-2H3,(H,13,14). The first-order valence-electron chi connectivity index (χ1n) is 4.46. The number of carbonyl (C=O) groups is 1. The fraction of sp³-hybridized carbons (Fsp3) is 0.250. The van der Waals surface area contributed by atoms with E-state index in [1.54, 1.807) is 11.6 Å². The van der Waals surface area contributed by atoms with Crippen LogP contribution in [0.5, 0.6) is 0 Å². The Morgan fingerprint density at radius 2 is 2.06 bits per heavy atom. The van der Waals surface area contributed by atoms with Gasteiger partial charge >= 0.3 is 16.3 Å². The van der Waals surface area contributed by atoms with Gasteiger partial charge in [-0.15, -0.1) is 0 Å². The van der Waals surface area contributed by atoms with Gasteiger partial charge in [0.1, 0.15) is 5.15 Å². The molecule has 0 unspecified atom stereocenters. The summed E-state index contributed by atoms with van der Waals surface area (Å²) in [6.45, 7) is 1.58. The second-order valence-electron chi connectivity index (χ2n) is 3.13. The summed E-state index contributed by atoms with van der Waals surface area (Å²) >= 11 is 11.4. The van der Waals surface area contributed by atoms with Crippen molar-refractivity contribution in [1.29, 1.82) is 0 Å². The third kappa shape index (κ3) is 3.90. The van der Waals surface area contributed by atoms with Crippen molar-refractivity contribution in [2.75, 3.05) is 11.8 Å². The minimum absolute atomic E-state index is 0.0254. The number of halogens is 2. The predicted octanol–water partition coefficient (Wildman–Crippen LogP) is 1.71. The Hall–Kier alpha value is -1.25. The summed E-state index contributed by atoms with van der Waals surface area (Å²) < 4.78 is 30.9. The van der Waals surface area contributed by atoms with E-state index in [1.165, 1.54) is 6.07 Å². The smallest absolute Gasteiger partial charge is 0.422 e. The number of rotatable bonds is 3. The van der Waals surface area contributed by atoms with Gasteiger partial charge in [0.05, 0.1) is 12.8 Å². The first kappa shape index (κ1) is 14.8. The average molecular weight is 314 g/mol. The highest BCUT2D eigenvalue weighted by Gasteiger charge is 2.18. The van der Waals surface area contributed by atoms with Gasteiger partial charge in [-0.05, 0) is 18.6 Å². The molecule has 1 aromatic heterocycles. The van der Waals surface area contributed by atoms with Crippen LogP contribution >= 0.6 is 23.2 Å². The maximum absolute atomic E-state index is 11.5.